The molecule has 1 fully saturated rings. The summed E-state index contributed by atoms with van der Waals surface area (Å²) in [6.45, 7) is 0. The maximum atomic E-state index is 12.9. The van der Waals surface area contributed by atoms with E-state index in [-0.39, 0.29) is 11.6 Å². The average Bonchev–Trinajstić information content (AvgIpc) is 3.01. The fourth-order valence-corrected chi connectivity index (χ4v) is 3.66. The largest absolute Gasteiger partial charge is 0.294 e. The van der Waals surface area contributed by atoms with Gasteiger partial charge in [-0.1, -0.05) is 50.3 Å². The van der Waals surface area contributed by atoms with Gasteiger partial charge in [-0.3, -0.25) is 13.9 Å². The molecule has 5 nitrogen and oxygen atoms in total. The number of benzene rings is 1. The lowest BCUT2D eigenvalue weighted by Gasteiger charge is -2.21. The number of hydrogen-bond donors (Lipinski definition) is 0. The molecule has 1 saturated carbocycles. The average molecular weight is 322 g/mol. The van der Waals surface area contributed by atoms with Crippen molar-refractivity contribution < 1.29 is 0 Å². The second-order valence-corrected chi connectivity index (χ2v) is 6.58. The van der Waals surface area contributed by atoms with Gasteiger partial charge in [0.15, 0.2) is 11.2 Å². The van der Waals surface area contributed by atoms with Gasteiger partial charge in [0.1, 0.15) is 12.7 Å². The number of imidazole rings is 1. The molecule has 0 aliphatic heterocycles. The van der Waals surface area contributed by atoms with E-state index in [2.05, 4.69) is 9.97 Å². The van der Waals surface area contributed by atoms with Crippen molar-refractivity contribution in [1.29, 1.82) is 0 Å². The molecule has 0 spiro atoms. The van der Waals surface area contributed by atoms with Crippen molar-refractivity contribution >= 4 is 11.2 Å². The predicted molar refractivity (Wildman–Crippen MR) is 94.5 cm³/mol. The number of aromatic nitrogens is 4. The minimum absolute atomic E-state index is 0.0137. The summed E-state index contributed by atoms with van der Waals surface area (Å²) in [5.74, 6) is 0. The van der Waals surface area contributed by atoms with Crippen molar-refractivity contribution in [3.63, 3.8) is 0 Å². The summed E-state index contributed by atoms with van der Waals surface area (Å²) in [6, 6.07) is 10.1. The second-order valence-electron chi connectivity index (χ2n) is 6.58. The molecular formula is C19H22N4O. The van der Waals surface area contributed by atoms with Crippen LogP contribution in [0.4, 0.5) is 0 Å². The molecule has 4 rings (SSSR count). The molecular weight excluding hydrogens is 300 g/mol. The van der Waals surface area contributed by atoms with Crippen LogP contribution in [0.3, 0.4) is 0 Å². The van der Waals surface area contributed by atoms with Crippen molar-refractivity contribution in [2.24, 2.45) is 0 Å². The van der Waals surface area contributed by atoms with Crippen LogP contribution in [-0.4, -0.2) is 19.1 Å². The Labute approximate surface area is 141 Å². The minimum Gasteiger partial charge on any atom is -0.294 e. The quantitative estimate of drug-likeness (QED) is 0.720. The van der Waals surface area contributed by atoms with Crippen molar-refractivity contribution in [3.05, 3.63) is 53.3 Å². The summed E-state index contributed by atoms with van der Waals surface area (Å²) in [7, 11) is 0. The highest BCUT2D eigenvalue weighted by atomic mass is 16.1. The Balaban J connectivity index is 1.75. The molecule has 24 heavy (non-hydrogen) atoms. The lowest BCUT2D eigenvalue weighted by atomic mass is 9.96. The van der Waals surface area contributed by atoms with Crippen molar-refractivity contribution in [2.45, 2.75) is 51.0 Å². The van der Waals surface area contributed by atoms with Crippen LogP contribution in [0.25, 0.3) is 16.9 Å². The molecule has 5 heteroatoms. The molecule has 124 valence electrons. The molecule has 0 bridgehead atoms. The van der Waals surface area contributed by atoms with Crippen LogP contribution in [0.5, 0.6) is 0 Å². The third kappa shape index (κ3) is 2.75. The molecule has 1 aliphatic rings. The van der Waals surface area contributed by atoms with Gasteiger partial charge in [0, 0.05) is 11.7 Å². The zero-order valence-corrected chi connectivity index (χ0v) is 13.8. The zero-order chi connectivity index (χ0) is 16.4. The summed E-state index contributed by atoms with van der Waals surface area (Å²) in [4.78, 5) is 21.8. The molecule has 0 atom stereocenters. The number of hydrogen-bond acceptors (Lipinski definition) is 3. The van der Waals surface area contributed by atoms with E-state index in [0.29, 0.717) is 11.2 Å². The lowest BCUT2D eigenvalue weighted by molar-refractivity contribution is 0.363. The Morgan fingerprint density at radius 2 is 1.58 bits per heavy atom. The van der Waals surface area contributed by atoms with Crippen molar-refractivity contribution in [3.8, 4) is 5.69 Å². The predicted octanol–water partition coefficient (Wildman–Crippen LogP) is 3.87. The van der Waals surface area contributed by atoms with Gasteiger partial charge in [-0.25, -0.2) is 9.97 Å². The third-order valence-electron chi connectivity index (χ3n) is 4.99. The van der Waals surface area contributed by atoms with Gasteiger partial charge < -0.3 is 0 Å². The monoisotopic (exact) mass is 322 g/mol. The van der Waals surface area contributed by atoms with Crippen LogP contribution in [-0.2, 0) is 0 Å². The summed E-state index contributed by atoms with van der Waals surface area (Å²) < 4.78 is 3.69. The smallest absolute Gasteiger partial charge is 0.281 e. The van der Waals surface area contributed by atoms with E-state index in [1.165, 1.54) is 32.1 Å². The molecule has 1 aromatic carbocycles. The second kappa shape index (κ2) is 6.59. The van der Waals surface area contributed by atoms with Gasteiger partial charge in [0.25, 0.3) is 5.56 Å². The zero-order valence-electron chi connectivity index (χ0n) is 13.8. The number of para-hydroxylation sites is 1. The lowest BCUT2D eigenvalue weighted by Crippen LogP contribution is -2.26. The topological polar surface area (TPSA) is 52.7 Å². The molecule has 0 unspecified atom stereocenters. The first-order chi connectivity index (χ1) is 11.8. The first-order valence-corrected chi connectivity index (χ1v) is 8.84. The maximum absolute atomic E-state index is 12.9. The number of rotatable bonds is 2. The van der Waals surface area contributed by atoms with Gasteiger partial charge in [0.05, 0.1) is 0 Å². The van der Waals surface area contributed by atoms with Gasteiger partial charge in [-0.05, 0) is 25.0 Å². The molecule has 2 aromatic heterocycles. The standard InChI is InChI=1S/C19H22N4O/c24-19-17-18(22(13-20-17)15-9-7-4-8-10-15)21-14-23(19)16-11-5-2-1-3-6-12-16/h4,7-10,13-14,16H,1-3,5-6,11-12H2. The van der Waals surface area contributed by atoms with E-state index in [9.17, 15) is 4.79 Å². The Morgan fingerprint density at radius 1 is 0.875 bits per heavy atom. The molecule has 0 amide bonds. The van der Waals surface area contributed by atoms with Crippen LogP contribution in [0.2, 0.25) is 0 Å². The van der Waals surface area contributed by atoms with Gasteiger partial charge in [-0.15, -0.1) is 0 Å². The summed E-state index contributed by atoms with van der Waals surface area (Å²) in [5.41, 5.74) is 2.05. The van der Waals surface area contributed by atoms with Gasteiger partial charge in [0.2, 0.25) is 0 Å². The minimum atomic E-state index is -0.0137. The SMILES string of the molecule is O=c1c2ncn(-c3ccccc3)c2ncn1C1CCCCCCC1. The first kappa shape index (κ1) is 15.1. The Bertz CT molecular complexity index is 873. The van der Waals surface area contributed by atoms with Crippen molar-refractivity contribution in [2.75, 3.05) is 0 Å². The van der Waals surface area contributed by atoms with E-state index in [1.807, 2.05) is 39.5 Å². The van der Waals surface area contributed by atoms with E-state index in [1.54, 1.807) is 12.7 Å². The Kier molecular flexibility index (Phi) is 4.15. The molecule has 0 N–H and O–H groups in total. The summed E-state index contributed by atoms with van der Waals surface area (Å²) in [6.07, 6.45) is 11.8. The van der Waals surface area contributed by atoms with Crippen LogP contribution in [0.15, 0.2) is 47.8 Å². The molecule has 2 heterocycles. The normalized spacial score (nSPS) is 16.8. The first-order valence-electron chi connectivity index (χ1n) is 8.84. The maximum Gasteiger partial charge on any atom is 0.281 e. The van der Waals surface area contributed by atoms with Gasteiger partial charge >= 0.3 is 0 Å². The van der Waals surface area contributed by atoms with E-state index in [0.717, 1.165) is 18.5 Å². The third-order valence-corrected chi connectivity index (χ3v) is 4.99. The highest BCUT2D eigenvalue weighted by Gasteiger charge is 2.18. The number of fused-ring (bicyclic) bond motifs is 1. The molecule has 0 saturated heterocycles. The van der Waals surface area contributed by atoms with Crippen LogP contribution >= 0.6 is 0 Å². The van der Waals surface area contributed by atoms with Crippen LogP contribution in [0, 0.1) is 0 Å². The molecule has 0 radical (unpaired) electrons. The van der Waals surface area contributed by atoms with Crippen molar-refractivity contribution in [1.82, 2.24) is 19.1 Å². The molecule has 3 aromatic rings. The fourth-order valence-electron chi connectivity index (χ4n) is 3.66. The Morgan fingerprint density at radius 3 is 2.33 bits per heavy atom. The summed E-state index contributed by atoms with van der Waals surface area (Å²) >= 11 is 0. The van der Waals surface area contributed by atoms with Crippen LogP contribution in [0.1, 0.15) is 51.0 Å². The fraction of sp³-hybridized carbons (Fsp3) is 0.421. The van der Waals surface area contributed by atoms with E-state index < -0.39 is 0 Å². The highest BCUT2D eigenvalue weighted by Crippen LogP contribution is 2.25. The number of nitrogens with zero attached hydrogens (tertiary/aromatic N) is 4. The van der Waals surface area contributed by atoms with E-state index >= 15 is 0 Å². The Hall–Kier alpha value is -2.43. The summed E-state index contributed by atoms with van der Waals surface area (Å²) in [5, 5.41) is 0. The van der Waals surface area contributed by atoms with E-state index in [4.69, 9.17) is 0 Å². The van der Waals surface area contributed by atoms with Crippen LogP contribution < -0.4 is 5.56 Å². The van der Waals surface area contributed by atoms with Gasteiger partial charge in [-0.2, -0.15) is 0 Å². The molecule has 1 aliphatic carbocycles. The highest BCUT2D eigenvalue weighted by molar-refractivity contribution is 5.71.